The zero-order chi connectivity index (χ0) is 19.0. The molecule has 0 radical (unpaired) electrons. The van der Waals surface area contributed by atoms with Crippen LogP contribution in [0.25, 0.3) is 0 Å². The molecule has 2 aliphatic carbocycles. The first-order valence-corrected chi connectivity index (χ1v) is 10.7. The van der Waals surface area contributed by atoms with Crippen molar-refractivity contribution >= 4 is 11.8 Å². The minimum atomic E-state index is -4.60. The summed E-state index contributed by atoms with van der Waals surface area (Å²) in [4.78, 5) is 2.57. The summed E-state index contributed by atoms with van der Waals surface area (Å²) in [5.41, 5.74) is -0.193. The Morgan fingerprint density at radius 1 is 1.22 bits per heavy atom. The summed E-state index contributed by atoms with van der Waals surface area (Å²) < 4.78 is 65.5. The van der Waals surface area contributed by atoms with E-state index in [1.807, 2.05) is 11.8 Å². The molecule has 1 aromatic heterocycles. The molecule has 0 bridgehead atoms. The van der Waals surface area contributed by atoms with Gasteiger partial charge in [-0.2, -0.15) is 30.0 Å². The average molecular weight is 407 g/mol. The Kier molecular flexibility index (Phi) is 4.10. The molecule has 2 saturated carbocycles. The molecule has 0 N–H and O–H groups in total. The predicted octanol–water partition coefficient (Wildman–Crippen LogP) is 4.10. The molecule has 4 fully saturated rings. The molecule has 9 heteroatoms. The lowest BCUT2D eigenvalue weighted by molar-refractivity contribution is -0.141. The maximum atomic E-state index is 13.0. The van der Waals surface area contributed by atoms with Gasteiger partial charge in [-0.15, -0.1) is 0 Å². The van der Waals surface area contributed by atoms with Crippen LogP contribution in [-0.2, 0) is 12.7 Å². The average Bonchev–Trinajstić information content (AvgIpc) is 3.00. The highest BCUT2D eigenvalue weighted by Crippen LogP contribution is 2.64. The molecule has 1 spiro atoms. The second kappa shape index (κ2) is 6.08. The molecule has 2 atom stereocenters. The minimum absolute atomic E-state index is 0.0422. The third kappa shape index (κ3) is 3.09. The van der Waals surface area contributed by atoms with E-state index in [-0.39, 0.29) is 5.92 Å². The van der Waals surface area contributed by atoms with Gasteiger partial charge >= 0.3 is 6.18 Å². The number of likely N-dealkylation sites (tertiary alicyclic amines) is 1. The van der Waals surface area contributed by atoms with Crippen molar-refractivity contribution in [3.8, 4) is 0 Å². The van der Waals surface area contributed by atoms with E-state index in [1.165, 1.54) is 17.9 Å². The Labute approximate surface area is 158 Å². The third-order valence-corrected chi connectivity index (χ3v) is 8.61. The number of halogens is 5. The van der Waals surface area contributed by atoms with Crippen LogP contribution in [0.15, 0.2) is 6.07 Å². The Morgan fingerprint density at radius 2 is 1.93 bits per heavy atom. The maximum Gasteiger partial charge on any atom is 0.435 e. The Bertz CT molecular complexity index is 717. The number of rotatable bonds is 4. The van der Waals surface area contributed by atoms with E-state index in [1.54, 1.807) is 0 Å². The lowest BCUT2D eigenvalue weighted by atomic mass is 9.91. The fourth-order valence-electron chi connectivity index (χ4n) is 5.57. The number of alkyl halides is 5. The highest BCUT2D eigenvalue weighted by atomic mass is 32.2. The Morgan fingerprint density at radius 3 is 2.44 bits per heavy atom. The quantitative estimate of drug-likeness (QED) is 0.702. The lowest BCUT2D eigenvalue weighted by Gasteiger charge is -2.38. The summed E-state index contributed by atoms with van der Waals surface area (Å²) in [6.07, 6.45) is -4.11. The molecule has 0 amide bonds. The normalized spacial score (nSPS) is 35.0. The van der Waals surface area contributed by atoms with Gasteiger partial charge in [0, 0.05) is 41.1 Å². The molecular weight excluding hydrogens is 385 g/mol. The summed E-state index contributed by atoms with van der Waals surface area (Å²) >= 11 is 2.01. The fraction of sp³-hybridized carbons (Fsp3) is 0.833. The van der Waals surface area contributed by atoms with Crippen LogP contribution in [0.3, 0.4) is 0 Å². The summed E-state index contributed by atoms with van der Waals surface area (Å²) in [5, 5.41) is 3.44. The molecule has 2 saturated heterocycles. The van der Waals surface area contributed by atoms with Gasteiger partial charge < -0.3 is 0 Å². The van der Waals surface area contributed by atoms with Gasteiger partial charge in [0.05, 0.1) is 0 Å². The molecule has 4 aliphatic rings. The largest absolute Gasteiger partial charge is 0.435 e. The van der Waals surface area contributed by atoms with Crippen molar-refractivity contribution in [3.63, 3.8) is 0 Å². The van der Waals surface area contributed by atoms with Crippen LogP contribution in [0.4, 0.5) is 22.0 Å². The SMILES string of the molecule is FC(F)Cn1nc(C(F)(F)F)cc1C1C2CC(N3CCC4(CSC4)C3)CC21. The van der Waals surface area contributed by atoms with Crippen molar-refractivity contribution in [2.24, 2.45) is 17.3 Å². The Balaban J connectivity index is 1.28. The van der Waals surface area contributed by atoms with Crippen LogP contribution in [0, 0.1) is 17.3 Å². The first-order chi connectivity index (χ1) is 12.8. The van der Waals surface area contributed by atoms with E-state index in [2.05, 4.69) is 10.00 Å². The first-order valence-electron chi connectivity index (χ1n) is 9.51. The zero-order valence-corrected chi connectivity index (χ0v) is 15.6. The van der Waals surface area contributed by atoms with Gasteiger partial charge in [-0.05, 0) is 43.7 Å². The first kappa shape index (κ1) is 18.2. The van der Waals surface area contributed by atoms with Gasteiger partial charge in [-0.1, -0.05) is 0 Å². The highest BCUT2D eigenvalue weighted by molar-refractivity contribution is 8.00. The van der Waals surface area contributed by atoms with Crippen LogP contribution >= 0.6 is 11.8 Å². The summed E-state index contributed by atoms with van der Waals surface area (Å²) in [6, 6.07) is 1.51. The molecule has 27 heavy (non-hydrogen) atoms. The van der Waals surface area contributed by atoms with Crippen molar-refractivity contribution < 1.29 is 22.0 Å². The number of hydrogen-bond donors (Lipinski definition) is 0. The van der Waals surface area contributed by atoms with Crippen molar-refractivity contribution in [2.45, 2.75) is 50.4 Å². The standard InChI is InChI=1S/C18H22F5N3S/c19-15(20)6-26-13(5-14(24-26)18(21,22)23)16-11-3-10(4-12(11)16)25-2-1-17(7-25)8-27-9-17/h5,10-12,15-16H,1-4,6-9H2. The van der Waals surface area contributed by atoms with E-state index in [4.69, 9.17) is 0 Å². The van der Waals surface area contributed by atoms with Crippen molar-refractivity contribution in [1.82, 2.24) is 14.7 Å². The van der Waals surface area contributed by atoms with E-state index >= 15 is 0 Å². The molecule has 0 aromatic carbocycles. The van der Waals surface area contributed by atoms with Crippen LogP contribution in [0.5, 0.6) is 0 Å². The van der Waals surface area contributed by atoms with Gasteiger partial charge in [0.1, 0.15) is 6.54 Å². The smallest absolute Gasteiger partial charge is 0.300 e. The number of hydrogen-bond acceptors (Lipinski definition) is 3. The van der Waals surface area contributed by atoms with E-state index < -0.39 is 24.8 Å². The number of thioether (sulfide) groups is 1. The van der Waals surface area contributed by atoms with Gasteiger partial charge in [-0.3, -0.25) is 9.58 Å². The molecule has 3 nitrogen and oxygen atoms in total. The van der Waals surface area contributed by atoms with Crippen molar-refractivity contribution in [2.75, 3.05) is 24.6 Å². The number of aromatic nitrogens is 2. The van der Waals surface area contributed by atoms with E-state index in [0.29, 0.717) is 29.0 Å². The molecular formula is C18H22F5N3S. The summed E-state index contributed by atoms with van der Waals surface area (Å²) in [7, 11) is 0. The van der Waals surface area contributed by atoms with Crippen molar-refractivity contribution in [3.05, 3.63) is 17.5 Å². The van der Waals surface area contributed by atoms with Crippen LogP contribution < -0.4 is 0 Å². The lowest BCUT2D eigenvalue weighted by Crippen LogP contribution is -2.41. The number of fused-ring (bicyclic) bond motifs is 1. The topological polar surface area (TPSA) is 21.1 Å². The molecule has 5 rings (SSSR count). The second-order valence-corrected chi connectivity index (χ2v) is 9.70. The maximum absolute atomic E-state index is 13.0. The second-order valence-electron chi connectivity index (χ2n) is 8.72. The third-order valence-electron chi connectivity index (χ3n) is 6.97. The monoisotopic (exact) mass is 407 g/mol. The van der Waals surface area contributed by atoms with E-state index in [9.17, 15) is 22.0 Å². The van der Waals surface area contributed by atoms with Crippen LogP contribution in [0.1, 0.15) is 36.6 Å². The highest BCUT2D eigenvalue weighted by Gasteiger charge is 2.60. The van der Waals surface area contributed by atoms with E-state index in [0.717, 1.165) is 36.7 Å². The molecule has 2 unspecified atom stereocenters. The van der Waals surface area contributed by atoms with Gasteiger partial charge in [0.15, 0.2) is 5.69 Å². The fourth-order valence-corrected chi connectivity index (χ4v) is 6.82. The van der Waals surface area contributed by atoms with Gasteiger partial charge in [0.2, 0.25) is 0 Å². The van der Waals surface area contributed by atoms with Gasteiger partial charge in [-0.25, -0.2) is 8.78 Å². The molecule has 1 aromatic rings. The van der Waals surface area contributed by atoms with Crippen LogP contribution in [0.2, 0.25) is 0 Å². The summed E-state index contributed by atoms with van der Waals surface area (Å²) in [5.74, 6) is 3.09. The number of nitrogens with zero attached hydrogens (tertiary/aromatic N) is 3. The van der Waals surface area contributed by atoms with Crippen molar-refractivity contribution in [1.29, 1.82) is 0 Å². The predicted molar refractivity (Wildman–Crippen MR) is 91.9 cm³/mol. The summed E-state index contributed by atoms with van der Waals surface area (Å²) in [6.45, 7) is 1.50. The van der Waals surface area contributed by atoms with Crippen LogP contribution in [-0.4, -0.2) is 51.7 Å². The molecule has 3 heterocycles. The molecule has 150 valence electrons. The minimum Gasteiger partial charge on any atom is -0.300 e. The zero-order valence-electron chi connectivity index (χ0n) is 14.8. The Hall–Kier alpha value is -0.830. The molecule has 2 aliphatic heterocycles. The van der Waals surface area contributed by atoms with Gasteiger partial charge in [0.25, 0.3) is 6.43 Å².